The monoisotopic (exact) mass is 322 g/mol. The van der Waals surface area contributed by atoms with Gasteiger partial charge in [0.1, 0.15) is 0 Å². The fourth-order valence-corrected chi connectivity index (χ4v) is 16.3. The maximum Gasteiger partial charge on any atom is 0.349 e. The van der Waals surface area contributed by atoms with Gasteiger partial charge in [-0.05, 0) is 45.8 Å². The van der Waals surface area contributed by atoms with E-state index in [1.165, 1.54) is 0 Å². The SMILES string of the molecule is CC[SiH]1O[SiH](CC)O[Si](CC)(C(C)OC(C)(C)C)O1. The summed E-state index contributed by atoms with van der Waals surface area (Å²) in [6, 6.07) is 2.98. The summed E-state index contributed by atoms with van der Waals surface area (Å²) in [4.78, 5) is 0. The summed E-state index contributed by atoms with van der Waals surface area (Å²) < 4.78 is 24.9. The molecule has 1 aliphatic rings. The first-order valence-corrected chi connectivity index (χ1v) is 13.1. The summed E-state index contributed by atoms with van der Waals surface area (Å²) >= 11 is 0. The zero-order valence-corrected chi connectivity index (χ0v) is 16.8. The summed E-state index contributed by atoms with van der Waals surface area (Å²) in [5.74, 6) is 0. The lowest BCUT2D eigenvalue weighted by Gasteiger charge is -2.46. The van der Waals surface area contributed by atoms with E-state index in [0.29, 0.717) is 0 Å². The van der Waals surface area contributed by atoms with Crippen molar-refractivity contribution in [1.82, 2.24) is 0 Å². The molecule has 3 unspecified atom stereocenters. The van der Waals surface area contributed by atoms with Crippen LogP contribution < -0.4 is 0 Å². The van der Waals surface area contributed by atoms with Gasteiger partial charge in [0.15, 0.2) is 0 Å². The fraction of sp³-hybridized carbons (Fsp3) is 1.00. The Bertz CT molecular complexity index is 271. The second kappa shape index (κ2) is 6.97. The van der Waals surface area contributed by atoms with Crippen LogP contribution in [-0.2, 0) is 17.1 Å². The molecule has 0 aromatic heterocycles. The Labute approximate surface area is 122 Å². The lowest BCUT2D eigenvalue weighted by molar-refractivity contribution is -0.0352. The highest BCUT2D eigenvalue weighted by molar-refractivity contribution is 6.84. The van der Waals surface area contributed by atoms with E-state index in [9.17, 15) is 0 Å². The molecule has 3 atom stereocenters. The number of hydrogen-bond acceptors (Lipinski definition) is 4. The second-order valence-corrected chi connectivity index (χ2v) is 15.6. The van der Waals surface area contributed by atoms with E-state index in [1.807, 2.05) is 0 Å². The minimum Gasteiger partial charge on any atom is -0.420 e. The standard InChI is InChI=1S/C12H30O4Si3/c1-8-17-14-18(9-2)16-19(10-3,15-17)11(4)13-12(5,6)7/h11,17-18H,8-10H2,1-7H3. The van der Waals surface area contributed by atoms with Crippen molar-refractivity contribution in [3.63, 3.8) is 0 Å². The first-order valence-electron chi connectivity index (χ1n) is 7.45. The highest BCUT2D eigenvalue weighted by Crippen LogP contribution is 2.30. The zero-order chi connectivity index (χ0) is 14.7. The topological polar surface area (TPSA) is 36.9 Å². The van der Waals surface area contributed by atoms with E-state index in [-0.39, 0.29) is 11.3 Å². The molecule has 0 aromatic carbocycles. The van der Waals surface area contributed by atoms with Crippen molar-refractivity contribution in [3.05, 3.63) is 0 Å². The van der Waals surface area contributed by atoms with Crippen LogP contribution in [0.2, 0.25) is 18.1 Å². The molecule has 0 aromatic rings. The van der Waals surface area contributed by atoms with Gasteiger partial charge in [0, 0.05) is 0 Å². The van der Waals surface area contributed by atoms with Crippen molar-refractivity contribution in [2.24, 2.45) is 0 Å². The molecule has 1 rings (SSSR count). The predicted octanol–water partition coefficient (Wildman–Crippen LogP) is 2.74. The van der Waals surface area contributed by atoms with Crippen molar-refractivity contribution >= 4 is 27.1 Å². The predicted molar refractivity (Wildman–Crippen MR) is 85.1 cm³/mol. The van der Waals surface area contributed by atoms with Gasteiger partial charge in [0.25, 0.3) is 0 Å². The summed E-state index contributed by atoms with van der Waals surface area (Å²) in [5, 5.41) is 0. The third-order valence-corrected chi connectivity index (χ3v) is 14.7. The first-order chi connectivity index (χ1) is 8.76. The Balaban J connectivity index is 2.87. The molecule has 1 aliphatic heterocycles. The summed E-state index contributed by atoms with van der Waals surface area (Å²) in [6.07, 6.45) is 0. The van der Waals surface area contributed by atoms with Crippen LogP contribution in [0.3, 0.4) is 0 Å². The molecule has 1 saturated heterocycles. The van der Waals surface area contributed by atoms with Gasteiger partial charge in [-0.3, -0.25) is 0 Å². The number of hydrogen-bond donors (Lipinski definition) is 0. The minimum atomic E-state index is -2.26. The molecule has 1 fully saturated rings. The Hall–Kier alpha value is 0.491. The normalized spacial score (nSPS) is 34.3. The van der Waals surface area contributed by atoms with Crippen molar-refractivity contribution in [2.45, 2.75) is 77.9 Å². The van der Waals surface area contributed by atoms with Gasteiger partial charge in [-0.25, -0.2) is 0 Å². The molecule has 0 spiro atoms. The van der Waals surface area contributed by atoms with E-state index < -0.39 is 27.1 Å². The summed E-state index contributed by atoms with van der Waals surface area (Å²) in [6.45, 7) is 14.9. The molecule has 0 radical (unpaired) electrons. The lowest BCUT2D eigenvalue weighted by Crippen LogP contribution is -2.64. The highest BCUT2D eigenvalue weighted by atomic mass is 28.5. The third kappa shape index (κ3) is 4.76. The van der Waals surface area contributed by atoms with E-state index in [1.54, 1.807) is 0 Å². The van der Waals surface area contributed by atoms with Crippen LogP contribution in [0.4, 0.5) is 0 Å². The molecule has 1 heterocycles. The number of ether oxygens (including phenoxy) is 1. The Morgan fingerprint density at radius 2 is 1.53 bits per heavy atom. The quantitative estimate of drug-likeness (QED) is 0.729. The van der Waals surface area contributed by atoms with Crippen LogP contribution in [0.15, 0.2) is 0 Å². The van der Waals surface area contributed by atoms with Crippen LogP contribution in [0.5, 0.6) is 0 Å². The van der Waals surface area contributed by atoms with Crippen LogP contribution in [0.25, 0.3) is 0 Å². The van der Waals surface area contributed by atoms with E-state index in [0.717, 1.165) is 18.1 Å². The molecule has 0 amide bonds. The lowest BCUT2D eigenvalue weighted by atomic mass is 10.2. The van der Waals surface area contributed by atoms with Gasteiger partial charge < -0.3 is 17.1 Å². The molecular weight excluding hydrogens is 292 g/mol. The van der Waals surface area contributed by atoms with Crippen LogP contribution >= 0.6 is 0 Å². The van der Waals surface area contributed by atoms with Crippen molar-refractivity contribution < 1.29 is 17.1 Å². The molecule has 0 bridgehead atoms. The highest BCUT2D eigenvalue weighted by Gasteiger charge is 2.51. The van der Waals surface area contributed by atoms with Gasteiger partial charge in [-0.15, -0.1) is 0 Å². The van der Waals surface area contributed by atoms with Crippen molar-refractivity contribution in [3.8, 4) is 0 Å². The maximum atomic E-state index is 6.36. The Morgan fingerprint density at radius 3 is 1.84 bits per heavy atom. The second-order valence-electron chi connectivity index (χ2n) is 6.09. The van der Waals surface area contributed by atoms with Gasteiger partial charge >= 0.3 is 27.1 Å². The molecular formula is C12H30O4Si3. The van der Waals surface area contributed by atoms with Gasteiger partial charge in [-0.1, -0.05) is 20.8 Å². The molecule has 114 valence electrons. The Kier molecular flexibility index (Phi) is 6.43. The molecule has 7 heteroatoms. The van der Waals surface area contributed by atoms with E-state index >= 15 is 0 Å². The average Bonchev–Trinajstić information content (AvgIpc) is 2.35. The molecule has 19 heavy (non-hydrogen) atoms. The molecule has 0 saturated carbocycles. The first kappa shape index (κ1) is 17.5. The molecule has 0 aliphatic carbocycles. The fourth-order valence-electron chi connectivity index (χ4n) is 2.32. The van der Waals surface area contributed by atoms with Crippen LogP contribution in [0.1, 0.15) is 48.5 Å². The van der Waals surface area contributed by atoms with Crippen molar-refractivity contribution in [2.75, 3.05) is 0 Å². The third-order valence-electron chi connectivity index (χ3n) is 3.27. The van der Waals surface area contributed by atoms with Crippen LogP contribution in [0, 0.1) is 0 Å². The van der Waals surface area contributed by atoms with Crippen molar-refractivity contribution in [1.29, 1.82) is 0 Å². The van der Waals surface area contributed by atoms with Crippen LogP contribution in [-0.4, -0.2) is 38.5 Å². The smallest absolute Gasteiger partial charge is 0.349 e. The summed E-state index contributed by atoms with van der Waals surface area (Å²) in [5.41, 5.74) is -0.101. The average molecular weight is 323 g/mol. The maximum absolute atomic E-state index is 6.36. The van der Waals surface area contributed by atoms with Gasteiger partial charge in [0.2, 0.25) is 0 Å². The summed E-state index contributed by atoms with van der Waals surface area (Å²) in [7, 11) is -5.32. The van der Waals surface area contributed by atoms with Gasteiger partial charge in [-0.2, -0.15) is 0 Å². The molecule has 0 N–H and O–H groups in total. The van der Waals surface area contributed by atoms with Gasteiger partial charge in [0.05, 0.1) is 11.3 Å². The zero-order valence-electron chi connectivity index (χ0n) is 13.5. The minimum absolute atomic E-state index is 0.0597. The molecule has 4 nitrogen and oxygen atoms in total. The Morgan fingerprint density at radius 1 is 1.05 bits per heavy atom. The van der Waals surface area contributed by atoms with E-state index in [4.69, 9.17) is 17.1 Å². The largest absolute Gasteiger partial charge is 0.420 e. The van der Waals surface area contributed by atoms with E-state index in [2.05, 4.69) is 48.5 Å². The number of rotatable bonds is 5.